The van der Waals surface area contributed by atoms with Crippen LogP contribution in [0.1, 0.15) is 46.0 Å². The first-order valence-electron chi connectivity index (χ1n) is 8.51. The van der Waals surface area contributed by atoms with Crippen molar-refractivity contribution in [2.75, 3.05) is 13.7 Å². The maximum absolute atomic E-state index is 12.2. The van der Waals surface area contributed by atoms with E-state index in [0.717, 1.165) is 5.56 Å². The van der Waals surface area contributed by atoms with Crippen LogP contribution < -0.4 is 15.6 Å². The van der Waals surface area contributed by atoms with Gasteiger partial charge in [-0.2, -0.15) is 0 Å². The smallest absolute Gasteiger partial charge is 0.338 e. The summed E-state index contributed by atoms with van der Waals surface area (Å²) in [5.74, 6) is -1.30. The average molecular weight is 405 g/mol. The van der Waals surface area contributed by atoms with Crippen molar-refractivity contribution in [3.63, 3.8) is 0 Å². The molecule has 0 spiro atoms. The van der Waals surface area contributed by atoms with Gasteiger partial charge < -0.3 is 9.47 Å². The number of amides is 2. The van der Waals surface area contributed by atoms with Gasteiger partial charge in [0.2, 0.25) is 0 Å². The Labute approximate surface area is 167 Å². The zero-order valence-electron chi connectivity index (χ0n) is 15.7. The van der Waals surface area contributed by atoms with Crippen molar-refractivity contribution < 1.29 is 23.9 Å². The number of halogens is 1. The minimum Gasteiger partial charge on any atom is -0.496 e. The third-order valence-corrected chi connectivity index (χ3v) is 4.10. The molecule has 0 aliphatic rings. The molecule has 0 bridgehead atoms. The van der Waals surface area contributed by atoms with Gasteiger partial charge in [0.15, 0.2) is 6.61 Å². The largest absolute Gasteiger partial charge is 0.496 e. The zero-order valence-corrected chi connectivity index (χ0v) is 16.5. The maximum atomic E-state index is 12.2. The van der Waals surface area contributed by atoms with Gasteiger partial charge in [-0.3, -0.25) is 20.4 Å². The quantitative estimate of drug-likeness (QED) is 0.570. The van der Waals surface area contributed by atoms with Crippen molar-refractivity contribution in [1.29, 1.82) is 0 Å². The molecule has 8 heteroatoms. The molecule has 0 radical (unpaired) electrons. The number of carbonyl (C=O) groups is 3. The van der Waals surface area contributed by atoms with E-state index in [4.69, 9.17) is 21.1 Å². The average Bonchev–Trinajstić information content (AvgIpc) is 2.70. The van der Waals surface area contributed by atoms with E-state index in [2.05, 4.69) is 10.9 Å². The number of carbonyl (C=O) groups excluding carboxylic acids is 3. The first kappa shape index (κ1) is 21.2. The number of hydrazine groups is 1. The van der Waals surface area contributed by atoms with Crippen molar-refractivity contribution in [1.82, 2.24) is 10.9 Å². The number of nitrogens with one attached hydrogen (secondary N) is 2. The molecule has 0 saturated heterocycles. The van der Waals surface area contributed by atoms with Crippen molar-refractivity contribution >= 4 is 29.4 Å². The van der Waals surface area contributed by atoms with Gasteiger partial charge in [0.1, 0.15) is 5.75 Å². The standard InChI is InChI=1S/C20H21ClN2O5/c1-12(2)13-4-6-14(7-5-13)20(26)28-11-18(24)22-23-19(25)16-10-15(21)8-9-17(16)27-3/h4-10,12H,11H2,1-3H3,(H,22,24)(H,23,25). The van der Waals surface area contributed by atoms with Gasteiger partial charge in [0.05, 0.1) is 18.2 Å². The Morgan fingerprint density at radius 3 is 2.32 bits per heavy atom. The first-order valence-corrected chi connectivity index (χ1v) is 8.89. The summed E-state index contributed by atoms with van der Waals surface area (Å²) in [6, 6.07) is 11.5. The Morgan fingerprint density at radius 1 is 1.04 bits per heavy atom. The summed E-state index contributed by atoms with van der Waals surface area (Å²) in [5.41, 5.74) is 5.96. The summed E-state index contributed by atoms with van der Waals surface area (Å²) in [6.45, 7) is 3.55. The van der Waals surface area contributed by atoms with Crippen LogP contribution in [-0.2, 0) is 9.53 Å². The van der Waals surface area contributed by atoms with Gasteiger partial charge in [-0.15, -0.1) is 0 Å². The van der Waals surface area contributed by atoms with Crippen LogP contribution in [0.25, 0.3) is 0 Å². The van der Waals surface area contributed by atoms with Gasteiger partial charge >= 0.3 is 5.97 Å². The molecule has 0 fully saturated rings. The van der Waals surface area contributed by atoms with Crippen molar-refractivity contribution in [2.24, 2.45) is 0 Å². The van der Waals surface area contributed by atoms with Crippen molar-refractivity contribution in [3.8, 4) is 5.75 Å². The molecule has 2 aromatic rings. The van der Waals surface area contributed by atoms with Crippen molar-refractivity contribution in [3.05, 3.63) is 64.2 Å². The summed E-state index contributed by atoms with van der Waals surface area (Å²) in [5, 5.41) is 0.342. The predicted molar refractivity (Wildman–Crippen MR) is 104 cm³/mol. The number of rotatable bonds is 6. The molecule has 28 heavy (non-hydrogen) atoms. The van der Waals surface area contributed by atoms with Gasteiger partial charge in [-0.1, -0.05) is 37.6 Å². The number of hydrogen-bond donors (Lipinski definition) is 2. The number of hydrogen-bond acceptors (Lipinski definition) is 5. The lowest BCUT2D eigenvalue weighted by Crippen LogP contribution is -2.43. The lowest BCUT2D eigenvalue weighted by Gasteiger charge is -2.11. The molecular weight excluding hydrogens is 384 g/mol. The Balaban J connectivity index is 1.85. The van der Waals surface area contributed by atoms with E-state index in [-0.39, 0.29) is 5.56 Å². The molecule has 0 atom stereocenters. The van der Waals surface area contributed by atoms with E-state index < -0.39 is 24.4 Å². The third kappa shape index (κ3) is 5.72. The molecule has 0 aliphatic heterocycles. The summed E-state index contributed by atoms with van der Waals surface area (Å²) < 4.78 is 10.0. The molecule has 0 aromatic heterocycles. The van der Waals surface area contributed by atoms with Gasteiger partial charge in [0, 0.05) is 5.02 Å². The van der Waals surface area contributed by atoms with Crippen LogP contribution in [0.2, 0.25) is 5.02 Å². The zero-order chi connectivity index (χ0) is 20.7. The van der Waals surface area contributed by atoms with Crippen LogP contribution >= 0.6 is 11.6 Å². The second kappa shape index (κ2) is 9.75. The van der Waals surface area contributed by atoms with Crippen LogP contribution in [0.15, 0.2) is 42.5 Å². The summed E-state index contributed by atoms with van der Waals surface area (Å²) >= 11 is 5.87. The summed E-state index contributed by atoms with van der Waals surface area (Å²) in [4.78, 5) is 36.0. The molecule has 0 unspecified atom stereocenters. The monoisotopic (exact) mass is 404 g/mol. The van der Waals surface area contributed by atoms with E-state index in [1.165, 1.54) is 19.2 Å². The second-order valence-electron chi connectivity index (χ2n) is 6.20. The fourth-order valence-corrected chi connectivity index (χ4v) is 2.48. The van der Waals surface area contributed by atoms with Crippen LogP contribution in [0.3, 0.4) is 0 Å². The highest BCUT2D eigenvalue weighted by atomic mass is 35.5. The van der Waals surface area contributed by atoms with E-state index in [0.29, 0.717) is 22.3 Å². The normalized spacial score (nSPS) is 10.3. The fourth-order valence-electron chi connectivity index (χ4n) is 2.31. The highest BCUT2D eigenvalue weighted by Gasteiger charge is 2.15. The molecule has 7 nitrogen and oxygen atoms in total. The Kier molecular flexibility index (Phi) is 7.40. The highest BCUT2D eigenvalue weighted by Crippen LogP contribution is 2.22. The SMILES string of the molecule is COc1ccc(Cl)cc1C(=O)NNC(=O)COC(=O)c1ccc(C(C)C)cc1. The number of benzene rings is 2. The molecule has 2 N–H and O–H groups in total. The lowest BCUT2D eigenvalue weighted by atomic mass is 10.0. The van der Waals surface area contributed by atoms with Crippen LogP contribution in [0.5, 0.6) is 5.75 Å². The maximum Gasteiger partial charge on any atom is 0.338 e. The molecular formula is C20H21ClN2O5. The number of esters is 1. The van der Waals surface area contributed by atoms with Crippen LogP contribution in [-0.4, -0.2) is 31.5 Å². The predicted octanol–water partition coefficient (Wildman–Crippen LogP) is 3.09. The second-order valence-corrected chi connectivity index (χ2v) is 6.64. The minimum atomic E-state index is -0.693. The van der Waals surface area contributed by atoms with Gasteiger partial charge in [0.25, 0.3) is 11.8 Å². The van der Waals surface area contributed by atoms with E-state index >= 15 is 0 Å². The Morgan fingerprint density at radius 2 is 1.71 bits per heavy atom. The number of ether oxygens (including phenoxy) is 2. The molecule has 0 aliphatic carbocycles. The van der Waals surface area contributed by atoms with Crippen molar-refractivity contribution in [2.45, 2.75) is 19.8 Å². The molecule has 2 rings (SSSR count). The number of methoxy groups -OCH3 is 1. The molecule has 148 valence electrons. The Hall–Kier alpha value is -3.06. The van der Waals surface area contributed by atoms with E-state index in [1.807, 2.05) is 26.0 Å². The summed E-state index contributed by atoms with van der Waals surface area (Å²) in [7, 11) is 1.41. The molecule has 0 saturated carbocycles. The lowest BCUT2D eigenvalue weighted by molar-refractivity contribution is -0.125. The first-order chi connectivity index (χ1) is 13.3. The molecule has 2 aromatic carbocycles. The van der Waals surface area contributed by atoms with E-state index in [1.54, 1.807) is 18.2 Å². The molecule has 2 amide bonds. The highest BCUT2D eigenvalue weighted by molar-refractivity contribution is 6.31. The minimum absolute atomic E-state index is 0.150. The third-order valence-electron chi connectivity index (χ3n) is 3.87. The van der Waals surface area contributed by atoms with Gasteiger partial charge in [-0.25, -0.2) is 4.79 Å². The Bertz CT molecular complexity index is 865. The van der Waals surface area contributed by atoms with Gasteiger partial charge in [-0.05, 0) is 41.8 Å². The van der Waals surface area contributed by atoms with E-state index in [9.17, 15) is 14.4 Å². The molecule has 0 heterocycles. The summed E-state index contributed by atoms with van der Waals surface area (Å²) in [6.07, 6.45) is 0. The van der Waals surface area contributed by atoms with Crippen LogP contribution in [0, 0.1) is 0 Å². The van der Waals surface area contributed by atoms with Crippen LogP contribution in [0.4, 0.5) is 0 Å². The fraction of sp³-hybridized carbons (Fsp3) is 0.250. The topological polar surface area (TPSA) is 93.7 Å².